The number of ether oxygens (including phenoxy) is 1. The van der Waals surface area contributed by atoms with Crippen LogP contribution < -0.4 is 16.4 Å². The molecule has 0 unspecified atom stereocenters. The molecule has 0 atom stereocenters. The first-order valence-corrected chi connectivity index (χ1v) is 5.63. The number of esters is 1. The van der Waals surface area contributed by atoms with Gasteiger partial charge in [-0.15, -0.1) is 0 Å². The fourth-order valence-corrected chi connectivity index (χ4v) is 1.39. The smallest absolute Gasteiger partial charge is 0.355 e. The van der Waals surface area contributed by atoms with Gasteiger partial charge in [0.2, 0.25) is 5.91 Å². The highest BCUT2D eigenvalue weighted by Gasteiger charge is 2.08. The van der Waals surface area contributed by atoms with Crippen LogP contribution in [0.5, 0.6) is 0 Å². The molecule has 1 aromatic carbocycles. The highest BCUT2D eigenvalue weighted by Crippen LogP contribution is 2.15. The number of anilines is 2. The van der Waals surface area contributed by atoms with E-state index >= 15 is 0 Å². The second-order valence-corrected chi connectivity index (χ2v) is 3.91. The van der Waals surface area contributed by atoms with Crippen LogP contribution in [-0.2, 0) is 14.3 Å². The summed E-state index contributed by atoms with van der Waals surface area (Å²) in [4.78, 5) is 22.1. The predicted octanol–water partition coefficient (Wildman–Crippen LogP) is 1.42. The normalized spacial score (nSPS) is 11.3. The monoisotopic (exact) mass is 263 g/mol. The van der Waals surface area contributed by atoms with E-state index in [1.807, 2.05) is 0 Å². The van der Waals surface area contributed by atoms with Crippen molar-refractivity contribution in [1.82, 2.24) is 0 Å². The van der Waals surface area contributed by atoms with Crippen LogP contribution >= 0.6 is 0 Å². The van der Waals surface area contributed by atoms with E-state index < -0.39 is 5.97 Å². The summed E-state index contributed by atoms with van der Waals surface area (Å²) < 4.78 is 4.52. The van der Waals surface area contributed by atoms with Gasteiger partial charge in [0.25, 0.3) is 0 Å². The van der Waals surface area contributed by atoms with Crippen LogP contribution in [0.3, 0.4) is 0 Å². The van der Waals surface area contributed by atoms with Crippen molar-refractivity contribution in [2.45, 2.75) is 13.8 Å². The van der Waals surface area contributed by atoms with Gasteiger partial charge < -0.3 is 21.1 Å². The number of methoxy groups -OCH3 is 1. The summed E-state index contributed by atoms with van der Waals surface area (Å²) in [5.41, 5.74) is 7.56. The standard InChI is InChI=1S/C13H17N3O3/c1-8(12(14)13(18)19-3)15-10-4-6-11(7-5-10)16-9(2)17/h4-7,15H,14H2,1-3H3,(H,16,17)/b12-8-. The fraction of sp³-hybridized carbons (Fsp3) is 0.231. The topological polar surface area (TPSA) is 93.4 Å². The van der Waals surface area contributed by atoms with Crippen molar-refractivity contribution >= 4 is 23.3 Å². The number of amides is 1. The third-order valence-corrected chi connectivity index (χ3v) is 2.35. The third-order valence-electron chi connectivity index (χ3n) is 2.35. The lowest BCUT2D eigenvalue weighted by Gasteiger charge is -2.10. The van der Waals surface area contributed by atoms with Gasteiger partial charge in [-0.3, -0.25) is 4.79 Å². The van der Waals surface area contributed by atoms with Crippen LogP contribution in [-0.4, -0.2) is 19.0 Å². The van der Waals surface area contributed by atoms with E-state index in [1.165, 1.54) is 14.0 Å². The molecule has 1 aromatic rings. The predicted molar refractivity (Wildman–Crippen MR) is 73.3 cm³/mol. The lowest BCUT2D eigenvalue weighted by Crippen LogP contribution is -2.17. The van der Waals surface area contributed by atoms with E-state index in [2.05, 4.69) is 15.4 Å². The fourth-order valence-electron chi connectivity index (χ4n) is 1.39. The van der Waals surface area contributed by atoms with Gasteiger partial charge in [-0.2, -0.15) is 0 Å². The Morgan fingerprint density at radius 3 is 1.95 bits per heavy atom. The summed E-state index contributed by atoms with van der Waals surface area (Å²) in [6.07, 6.45) is 0. The number of benzene rings is 1. The zero-order valence-corrected chi connectivity index (χ0v) is 11.1. The Morgan fingerprint density at radius 2 is 1.53 bits per heavy atom. The summed E-state index contributed by atoms with van der Waals surface area (Å²) in [6, 6.07) is 7.01. The number of carbonyl (C=O) groups excluding carboxylic acids is 2. The minimum atomic E-state index is -0.583. The molecule has 0 saturated heterocycles. The van der Waals surface area contributed by atoms with Gasteiger partial charge in [-0.1, -0.05) is 0 Å². The van der Waals surface area contributed by atoms with Gasteiger partial charge >= 0.3 is 5.97 Å². The number of hydrogen-bond donors (Lipinski definition) is 3. The molecule has 0 aliphatic carbocycles. The number of nitrogens with one attached hydrogen (secondary N) is 2. The molecule has 0 aliphatic heterocycles. The van der Waals surface area contributed by atoms with Crippen molar-refractivity contribution in [2.75, 3.05) is 17.7 Å². The summed E-state index contributed by atoms with van der Waals surface area (Å²) in [5, 5.41) is 5.64. The van der Waals surface area contributed by atoms with Crippen molar-refractivity contribution in [3.8, 4) is 0 Å². The molecule has 0 heterocycles. The molecule has 1 rings (SSSR count). The number of allylic oxidation sites excluding steroid dienone is 1. The molecule has 0 fully saturated rings. The molecule has 0 radical (unpaired) electrons. The summed E-state index contributed by atoms with van der Waals surface area (Å²) in [5.74, 6) is -0.716. The molecule has 102 valence electrons. The lowest BCUT2D eigenvalue weighted by molar-refractivity contribution is -0.136. The Labute approximate surface area is 111 Å². The SMILES string of the molecule is COC(=O)/C(N)=C(\C)Nc1ccc(NC(C)=O)cc1. The average Bonchev–Trinajstić information content (AvgIpc) is 2.38. The zero-order chi connectivity index (χ0) is 14.4. The molecule has 4 N–H and O–H groups in total. The molecule has 1 amide bonds. The Kier molecular flexibility index (Phi) is 4.93. The molecule has 0 aromatic heterocycles. The molecule has 19 heavy (non-hydrogen) atoms. The van der Waals surface area contributed by atoms with Crippen LogP contribution in [0.15, 0.2) is 35.7 Å². The van der Waals surface area contributed by atoms with Crippen LogP contribution in [0.4, 0.5) is 11.4 Å². The first-order chi connectivity index (χ1) is 8.93. The van der Waals surface area contributed by atoms with Crippen LogP contribution in [0, 0.1) is 0 Å². The molecular formula is C13H17N3O3. The van der Waals surface area contributed by atoms with Crippen molar-refractivity contribution in [2.24, 2.45) is 5.73 Å². The highest BCUT2D eigenvalue weighted by molar-refractivity contribution is 5.89. The Bertz CT molecular complexity index is 506. The van der Waals surface area contributed by atoms with Crippen LogP contribution in [0.2, 0.25) is 0 Å². The van der Waals surface area contributed by atoms with Crippen molar-refractivity contribution in [1.29, 1.82) is 0 Å². The Balaban J connectivity index is 2.78. The van der Waals surface area contributed by atoms with E-state index in [0.29, 0.717) is 11.4 Å². The van der Waals surface area contributed by atoms with E-state index in [9.17, 15) is 9.59 Å². The molecule has 6 nitrogen and oxygen atoms in total. The van der Waals surface area contributed by atoms with Crippen molar-refractivity contribution in [3.63, 3.8) is 0 Å². The number of nitrogens with two attached hydrogens (primary N) is 1. The van der Waals surface area contributed by atoms with Crippen LogP contribution in [0.25, 0.3) is 0 Å². The second kappa shape index (κ2) is 6.44. The number of hydrogen-bond acceptors (Lipinski definition) is 5. The summed E-state index contributed by atoms with van der Waals surface area (Å²) >= 11 is 0. The number of rotatable bonds is 4. The maximum Gasteiger partial charge on any atom is 0.355 e. The van der Waals surface area contributed by atoms with E-state index in [0.717, 1.165) is 5.69 Å². The molecule has 0 saturated carbocycles. The molecule has 0 bridgehead atoms. The lowest BCUT2D eigenvalue weighted by atomic mass is 10.2. The Morgan fingerprint density at radius 1 is 1.05 bits per heavy atom. The summed E-state index contributed by atoms with van der Waals surface area (Å²) in [7, 11) is 1.27. The van der Waals surface area contributed by atoms with E-state index in [-0.39, 0.29) is 11.6 Å². The summed E-state index contributed by atoms with van der Waals surface area (Å²) in [6.45, 7) is 3.12. The van der Waals surface area contributed by atoms with Gasteiger partial charge in [-0.05, 0) is 31.2 Å². The van der Waals surface area contributed by atoms with Crippen molar-refractivity contribution in [3.05, 3.63) is 35.7 Å². The van der Waals surface area contributed by atoms with Gasteiger partial charge in [-0.25, -0.2) is 4.79 Å². The maximum atomic E-state index is 11.2. The van der Waals surface area contributed by atoms with Crippen molar-refractivity contribution < 1.29 is 14.3 Å². The van der Waals surface area contributed by atoms with Gasteiger partial charge in [0.15, 0.2) is 0 Å². The quantitative estimate of drug-likeness (QED) is 0.564. The largest absolute Gasteiger partial charge is 0.464 e. The third kappa shape index (κ3) is 4.34. The molecular weight excluding hydrogens is 246 g/mol. The zero-order valence-electron chi connectivity index (χ0n) is 11.1. The average molecular weight is 263 g/mol. The Hall–Kier alpha value is -2.50. The minimum Gasteiger partial charge on any atom is -0.464 e. The second-order valence-electron chi connectivity index (χ2n) is 3.91. The first-order valence-electron chi connectivity index (χ1n) is 5.63. The van der Waals surface area contributed by atoms with Gasteiger partial charge in [0, 0.05) is 24.0 Å². The number of carbonyl (C=O) groups is 2. The molecule has 6 heteroatoms. The van der Waals surface area contributed by atoms with Crippen LogP contribution in [0.1, 0.15) is 13.8 Å². The van der Waals surface area contributed by atoms with Gasteiger partial charge in [0.05, 0.1) is 7.11 Å². The first kappa shape index (κ1) is 14.6. The maximum absolute atomic E-state index is 11.2. The van der Waals surface area contributed by atoms with E-state index in [4.69, 9.17) is 5.73 Å². The van der Waals surface area contributed by atoms with E-state index in [1.54, 1.807) is 31.2 Å². The van der Waals surface area contributed by atoms with Gasteiger partial charge in [0.1, 0.15) is 5.70 Å². The molecule has 0 spiro atoms. The minimum absolute atomic E-state index is 0.0217. The highest BCUT2D eigenvalue weighted by atomic mass is 16.5. The molecule has 0 aliphatic rings.